The summed E-state index contributed by atoms with van der Waals surface area (Å²) in [7, 11) is 1.65. The van der Waals surface area contributed by atoms with Gasteiger partial charge in [0.05, 0.1) is 11.3 Å². The molecule has 5 nitrogen and oxygen atoms in total. The highest BCUT2D eigenvalue weighted by Crippen LogP contribution is 2.27. The second-order valence-electron chi connectivity index (χ2n) is 5.11. The molecule has 1 fully saturated rings. The zero-order valence-electron chi connectivity index (χ0n) is 11.2. The van der Waals surface area contributed by atoms with E-state index in [9.17, 15) is 14.0 Å². The molecule has 0 radical (unpaired) electrons. The van der Waals surface area contributed by atoms with Crippen LogP contribution in [-0.4, -0.2) is 35.6 Å². The third kappa shape index (κ3) is 3.26. The first-order valence-corrected chi connectivity index (χ1v) is 6.52. The summed E-state index contributed by atoms with van der Waals surface area (Å²) in [5.41, 5.74) is -0.182. The summed E-state index contributed by atoms with van der Waals surface area (Å²) in [6.07, 6.45) is 3.41. The highest BCUT2D eigenvalue weighted by molar-refractivity contribution is 5.93. The van der Waals surface area contributed by atoms with Gasteiger partial charge in [0.25, 0.3) is 0 Å². The number of nitrogens with one attached hydrogen (secondary N) is 1. The number of anilines is 1. The number of amides is 2. The van der Waals surface area contributed by atoms with Crippen molar-refractivity contribution in [2.24, 2.45) is 5.92 Å². The number of halogens is 1. The minimum Gasteiger partial charge on any atom is -0.478 e. The van der Waals surface area contributed by atoms with E-state index < -0.39 is 17.8 Å². The summed E-state index contributed by atoms with van der Waals surface area (Å²) < 4.78 is 13.6. The van der Waals surface area contributed by atoms with Gasteiger partial charge in [-0.3, -0.25) is 0 Å². The molecular formula is C14H17FN2O3. The number of benzene rings is 1. The number of carbonyl (C=O) groups excluding carboxylic acids is 1. The maximum absolute atomic E-state index is 13.6. The predicted octanol–water partition coefficient (Wildman–Crippen LogP) is 2.79. The Balaban J connectivity index is 2.02. The summed E-state index contributed by atoms with van der Waals surface area (Å²) in [6.45, 7) is 0.631. The number of rotatable bonds is 4. The lowest BCUT2D eigenvalue weighted by Crippen LogP contribution is -2.37. The van der Waals surface area contributed by atoms with Crippen LogP contribution >= 0.6 is 0 Å². The first-order valence-electron chi connectivity index (χ1n) is 6.52. The van der Waals surface area contributed by atoms with Gasteiger partial charge >= 0.3 is 12.0 Å². The number of nitrogens with zero attached hydrogens (tertiary/aromatic N) is 1. The SMILES string of the molecule is CN(CC1CCC1)C(=O)Nc1cc(C(=O)O)ccc1F. The highest BCUT2D eigenvalue weighted by Gasteiger charge is 2.22. The first kappa shape index (κ1) is 14.3. The molecule has 0 saturated heterocycles. The van der Waals surface area contributed by atoms with E-state index in [2.05, 4.69) is 5.32 Å². The van der Waals surface area contributed by atoms with Gasteiger partial charge < -0.3 is 15.3 Å². The van der Waals surface area contributed by atoms with E-state index in [-0.39, 0.29) is 11.3 Å². The van der Waals surface area contributed by atoms with Gasteiger partial charge in [-0.25, -0.2) is 14.0 Å². The number of hydrogen-bond donors (Lipinski definition) is 2. The van der Waals surface area contributed by atoms with Crippen molar-refractivity contribution in [3.8, 4) is 0 Å². The fourth-order valence-electron chi connectivity index (χ4n) is 2.11. The van der Waals surface area contributed by atoms with E-state index in [1.807, 2.05) is 0 Å². The van der Waals surface area contributed by atoms with Crippen LogP contribution in [0.15, 0.2) is 18.2 Å². The second-order valence-corrected chi connectivity index (χ2v) is 5.11. The van der Waals surface area contributed by atoms with Crippen LogP contribution in [0.25, 0.3) is 0 Å². The van der Waals surface area contributed by atoms with Crippen molar-refractivity contribution in [3.05, 3.63) is 29.6 Å². The minimum atomic E-state index is -1.16. The van der Waals surface area contributed by atoms with Crippen LogP contribution in [0, 0.1) is 11.7 Å². The maximum Gasteiger partial charge on any atom is 0.335 e. The van der Waals surface area contributed by atoms with Crippen molar-refractivity contribution < 1.29 is 19.1 Å². The molecule has 20 heavy (non-hydrogen) atoms. The predicted molar refractivity (Wildman–Crippen MR) is 72.3 cm³/mol. The van der Waals surface area contributed by atoms with Crippen molar-refractivity contribution in [3.63, 3.8) is 0 Å². The zero-order chi connectivity index (χ0) is 14.7. The molecule has 1 aliphatic carbocycles. The summed E-state index contributed by atoms with van der Waals surface area (Å²) in [4.78, 5) is 24.2. The molecular weight excluding hydrogens is 263 g/mol. The Labute approximate surface area is 116 Å². The summed E-state index contributed by atoms with van der Waals surface area (Å²) in [5, 5.41) is 11.3. The van der Waals surface area contributed by atoms with E-state index in [1.54, 1.807) is 7.05 Å². The number of carboxylic acid groups (broad SMARTS) is 1. The fourth-order valence-corrected chi connectivity index (χ4v) is 2.11. The number of aromatic carboxylic acids is 1. The first-order chi connectivity index (χ1) is 9.47. The normalized spacial score (nSPS) is 14.5. The zero-order valence-corrected chi connectivity index (χ0v) is 11.2. The average molecular weight is 280 g/mol. The van der Waals surface area contributed by atoms with Crippen LogP contribution < -0.4 is 5.32 Å². The standard InChI is InChI=1S/C14H17FN2O3/c1-17(8-9-3-2-4-9)14(20)16-12-7-10(13(18)19)5-6-11(12)15/h5-7,9H,2-4,8H2,1H3,(H,16,20)(H,18,19). The number of carbonyl (C=O) groups is 2. The smallest absolute Gasteiger partial charge is 0.335 e. The van der Waals surface area contributed by atoms with E-state index in [0.29, 0.717) is 12.5 Å². The van der Waals surface area contributed by atoms with Crippen molar-refractivity contribution in [1.29, 1.82) is 0 Å². The molecule has 0 heterocycles. The molecule has 0 aliphatic heterocycles. The van der Waals surface area contributed by atoms with Crippen LogP contribution in [-0.2, 0) is 0 Å². The van der Waals surface area contributed by atoms with Gasteiger partial charge in [0.15, 0.2) is 0 Å². The Morgan fingerprint density at radius 3 is 2.70 bits per heavy atom. The van der Waals surface area contributed by atoms with Crippen LogP contribution in [0.3, 0.4) is 0 Å². The Bertz CT molecular complexity index is 529. The van der Waals surface area contributed by atoms with Gasteiger partial charge in [0.2, 0.25) is 0 Å². The van der Waals surface area contributed by atoms with E-state index in [1.165, 1.54) is 11.3 Å². The molecule has 0 spiro atoms. The maximum atomic E-state index is 13.6. The minimum absolute atomic E-state index is 0.0663. The van der Waals surface area contributed by atoms with Crippen molar-refractivity contribution in [1.82, 2.24) is 4.90 Å². The summed E-state index contributed by atoms with van der Waals surface area (Å²) >= 11 is 0. The van der Waals surface area contributed by atoms with Crippen LogP contribution in [0.2, 0.25) is 0 Å². The molecule has 2 rings (SSSR count). The van der Waals surface area contributed by atoms with Crippen molar-refractivity contribution >= 4 is 17.7 Å². The largest absolute Gasteiger partial charge is 0.478 e. The van der Waals surface area contributed by atoms with Gasteiger partial charge in [-0.15, -0.1) is 0 Å². The molecule has 2 N–H and O–H groups in total. The molecule has 0 aromatic heterocycles. The molecule has 0 atom stereocenters. The molecule has 1 saturated carbocycles. The Kier molecular flexibility index (Phi) is 4.22. The summed E-state index contributed by atoms with van der Waals surface area (Å²) in [6, 6.07) is 2.88. The molecule has 1 aromatic rings. The molecule has 1 aliphatic rings. The molecule has 0 bridgehead atoms. The number of carboxylic acids is 1. The lowest BCUT2D eigenvalue weighted by Gasteiger charge is -2.30. The lowest BCUT2D eigenvalue weighted by molar-refractivity contribution is 0.0697. The van der Waals surface area contributed by atoms with Crippen LogP contribution in [0.4, 0.5) is 14.9 Å². The second kappa shape index (κ2) is 5.90. The molecule has 2 amide bonds. The number of hydrogen-bond acceptors (Lipinski definition) is 2. The third-order valence-electron chi connectivity index (χ3n) is 3.56. The van der Waals surface area contributed by atoms with E-state index in [0.717, 1.165) is 31.0 Å². The van der Waals surface area contributed by atoms with Gasteiger partial charge in [-0.2, -0.15) is 0 Å². The lowest BCUT2D eigenvalue weighted by atomic mass is 9.85. The van der Waals surface area contributed by atoms with Crippen molar-refractivity contribution in [2.75, 3.05) is 18.9 Å². The fraction of sp³-hybridized carbons (Fsp3) is 0.429. The Morgan fingerprint density at radius 2 is 2.15 bits per heavy atom. The van der Waals surface area contributed by atoms with Gasteiger partial charge in [-0.05, 0) is 37.0 Å². The highest BCUT2D eigenvalue weighted by atomic mass is 19.1. The molecule has 1 aromatic carbocycles. The van der Waals surface area contributed by atoms with E-state index >= 15 is 0 Å². The quantitative estimate of drug-likeness (QED) is 0.891. The molecule has 108 valence electrons. The topological polar surface area (TPSA) is 69.6 Å². The molecule has 6 heteroatoms. The Hall–Kier alpha value is -2.11. The van der Waals surface area contributed by atoms with Gasteiger partial charge in [0.1, 0.15) is 5.82 Å². The third-order valence-corrected chi connectivity index (χ3v) is 3.56. The summed E-state index contributed by atoms with van der Waals surface area (Å²) in [5.74, 6) is -1.30. The van der Waals surface area contributed by atoms with Crippen LogP contribution in [0.1, 0.15) is 29.6 Å². The van der Waals surface area contributed by atoms with Crippen LogP contribution in [0.5, 0.6) is 0 Å². The average Bonchev–Trinajstić information content (AvgIpc) is 2.35. The van der Waals surface area contributed by atoms with Crippen molar-refractivity contribution in [2.45, 2.75) is 19.3 Å². The molecule has 0 unspecified atom stereocenters. The monoisotopic (exact) mass is 280 g/mol. The Morgan fingerprint density at radius 1 is 1.45 bits per heavy atom. The van der Waals surface area contributed by atoms with Gasteiger partial charge in [0, 0.05) is 13.6 Å². The van der Waals surface area contributed by atoms with Gasteiger partial charge in [-0.1, -0.05) is 6.42 Å². The van der Waals surface area contributed by atoms with E-state index in [4.69, 9.17) is 5.11 Å². The number of urea groups is 1.